The summed E-state index contributed by atoms with van der Waals surface area (Å²) < 4.78 is 0. The first-order valence-corrected chi connectivity index (χ1v) is 9.07. The second-order valence-electron chi connectivity index (χ2n) is 8.92. The van der Waals surface area contributed by atoms with Crippen molar-refractivity contribution in [3.8, 4) is 0 Å². The monoisotopic (exact) mass is 314 g/mol. The molecule has 1 unspecified atom stereocenters. The summed E-state index contributed by atoms with van der Waals surface area (Å²) in [4.78, 5) is 37.5. The Labute approximate surface area is 137 Å². The normalized spacial score (nSPS) is 49.3. The molecule has 23 heavy (non-hydrogen) atoms. The highest BCUT2D eigenvalue weighted by Gasteiger charge is 2.63. The molecule has 0 N–H and O–H groups in total. The van der Waals surface area contributed by atoms with Crippen molar-refractivity contribution in [2.24, 2.45) is 34.5 Å². The van der Waals surface area contributed by atoms with Gasteiger partial charge in [0.05, 0.1) is 0 Å². The van der Waals surface area contributed by atoms with E-state index in [-0.39, 0.29) is 22.9 Å². The van der Waals surface area contributed by atoms with Crippen LogP contribution in [0.1, 0.15) is 59.3 Å². The zero-order valence-electron chi connectivity index (χ0n) is 14.4. The van der Waals surface area contributed by atoms with Gasteiger partial charge in [-0.3, -0.25) is 14.4 Å². The maximum absolute atomic E-state index is 13.1. The van der Waals surface area contributed by atoms with E-state index >= 15 is 0 Å². The molecule has 4 aliphatic carbocycles. The molecule has 0 saturated heterocycles. The second kappa shape index (κ2) is 4.64. The van der Waals surface area contributed by atoms with Gasteiger partial charge < -0.3 is 0 Å². The molecule has 4 aliphatic rings. The quantitative estimate of drug-likeness (QED) is 0.687. The van der Waals surface area contributed by atoms with Crippen molar-refractivity contribution in [1.82, 2.24) is 0 Å². The van der Waals surface area contributed by atoms with Crippen LogP contribution in [0.3, 0.4) is 0 Å². The van der Waals surface area contributed by atoms with Crippen molar-refractivity contribution in [2.75, 3.05) is 0 Å². The molecule has 0 heterocycles. The van der Waals surface area contributed by atoms with E-state index in [1.807, 2.05) is 13.0 Å². The summed E-state index contributed by atoms with van der Waals surface area (Å²) in [5, 5.41) is 0. The van der Waals surface area contributed by atoms with Crippen molar-refractivity contribution in [3.05, 3.63) is 11.6 Å². The van der Waals surface area contributed by atoms with Gasteiger partial charge in [0.2, 0.25) is 0 Å². The molecule has 3 nitrogen and oxygen atoms in total. The van der Waals surface area contributed by atoms with E-state index in [1.54, 1.807) is 0 Å². The van der Waals surface area contributed by atoms with Crippen molar-refractivity contribution in [2.45, 2.75) is 59.3 Å². The van der Waals surface area contributed by atoms with Crippen molar-refractivity contribution < 1.29 is 14.4 Å². The van der Waals surface area contributed by atoms with Crippen LogP contribution in [0.25, 0.3) is 0 Å². The summed E-state index contributed by atoms with van der Waals surface area (Å²) in [6.07, 6.45) is 6.11. The molecule has 6 atom stereocenters. The van der Waals surface area contributed by atoms with Gasteiger partial charge in [-0.15, -0.1) is 0 Å². The van der Waals surface area contributed by atoms with Crippen LogP contribution in [0, 0.1) is 34.5 Å². The average Bonchev–Trinajstić information content (AvgIpc) is 2.76. The summed E-state index contributed by atoms with van der Waals surface area (Å²) >= 11 is 0. The van der Waals surface area contributed by atoms with E-state index in [1.165, 1.54) is 5.57 Å². The molecule has 0 aliphatic heterocycles. The Hall–Kier alpha value is -1.25. The molecule has 0 spiro atoms. The Morgan fingerprint density at radius 3 is 2.57 bits per heavy atom. The SMILES string of the molecule is C[C@@H]1CC2=CC(=O)CC[C@]2(C)C2C(=O)C[C@]3(C)C(=O)CC[C@H]3[C@@H]21. The van der Waals surface area contributed by atoms with E-state index in [4.69, 9.17) is 0 Å². The van der Waals surface area contributed by atoms with Crippen LogP contribution in [-0.2, 0) is 14.4 Å². The van der Waals surface area contributed by atoms with E-state index in [9.17, 15) is 14.4 Å². The first-order chi connectivity index (χ1) is 10.8. The lowest BCUT2D eigenvalue weighted by Crippen LogP contribution is -2.57. The van der Waals surface area contributed by atoms with Gasteiger partial charge in [-0.2, -0.15) is 0 Å². The summed E-state index contributed by atoms with van der Waals surface area (Å²) in [6, 6.07) is 0. The summed E-state index contributed by atoms with van der Waals surface area (Å²) in [5.74, 6) is 1.84. The molecule has 3 heteroatoms. The van der Waals surface area contributed by atoms with Crippen molar-refractivity contribution >= 4 is 17.3 Å². The minimum absolute atomic E-state index is 0.00887. The second-order valence-corrected chi connectivity index (χ2v) is 8.92. The summed E-state index contributed by atoms with van der Waals surface area (Å²) in [6.45, 7) is 6.46. The molecule has 0 bridgehead atoms. The predicted molar refractivity (Wildman–Crippen MR) is 86.7 cm³/mol. The largest absolute Gasteiger partial charge is 0.299 e. The van der Waals surface area contributed by atoms with Gasteiger partial charge in [0, 0.05) is 30.6 Å². The van der Waals surface area contributed by atoms with E-state index in [2.05, 4.69) is 13.8 Å². The fourth-order valence-electron chi connectivity index (χ4n) is 6.47. The highest BCUT2D eigenvalue weighted by atomic mass is 16.1. The van der Waals surface area contributed by atoms with Gasteiger partial charge >= 0.3 is 0 Å². The minimum atomic E-state index is -0.422. The van der Waals surface area contributed by atoms with Crippen LogP contribution in [0.4, 0.5) is 0 Å². The van der Waals surface area contributed by atoms with Crippen LogP contribution in [0.5, 0.6) is 0 Å². The van der Waals surface area contributed by atoms with Crippen LogP contribution >= 0.6 is 0 Å². The van der Waals surface area contributed by atoms with Crippen molar-refractivity contribution in [3.63, 3.8) is 0 Å². The lowest BCUT2D eigenvalue weighted by molar-refractivity contribution is -0.153. The average molecular weight is 314 g/mol. The molecule has 124 valence electrons. The third-order valence-electron chi connectivity index (χ3n) is 7.72. The molecule has 4 rings (SSSR count). The number of allylic oxidation sites excluding steroid dienone is 1. The van der Waals surface area contributed by atoms with Crippen LogP contribution in [0.15, 0.2) is 11.6 Å². The number of rotatable bonds is 0. The van der Waals surface area contributed by atoms with Gasteiger partial charge in [-0.1, -0.05) is 26.3 Å². The van der Waals surface area contributed by atoms with Gasteiger partial charge in [0.15, 0.2) is 5.78 Å². The molecule has 0 aromatic heterocycles. The predicted octanol–water partition coefficient (Wildman–Crippen LogP) is 3.51. The molecule has 0 aromatic rings. The highest BCUT2D eigenvalue weighted by Crippen LogP contribution is 2.64. The summed E-state index contributed by atoms with van der Waals surface area (Å²) in [7, 11) is 0. The molecule has 0 radical (unpaired) electrons. The number of fused-ring (bicyclic) bond motifs is 5. The standard InChI is InChI=1S/C20H26O3/c1-11-8-12-9-13(21)6-7-19(12,2)18-15(22)10-20(3)14(17(11)18)4-5-16(20)23/h9,11,14,17-18H,4-8,10H2,1-3H3/t11-,14+,17+,18?,19+,20+/m1/s1. The van der Waals surface area contributed by atoms with Gasteiger partial charge in [-0.05, 0) is 48.5 Å². The number of ketones is 3. The van der Waals surface area contributed by atoms with Crippen LogP contribution in [-0.4, -0.2) is 17.3 Å². The smallest absolute Gasteiger partial charge is 0.155 e. The van der Waals surface area contributed by atoms with Gasteiger partial charge in [0.1, 0.15) is 11.6 Å². The number of carbonyl (C=O) groups is 3. The highest BCUT2D eigenvalue weighted by molar-refractivity contribution is 5.96. The van der Waals surface area contributed by atoms with E-state index < -0.39 is 5.41 Å². The lowest BCUT2D eigenvalue weighted by atomic mass is 9.45. The Bertz CT molecular complexity index is 645. The summed E-state index contributed by atoms with van der Waals surface area (Å²) in [5.41, 5.74) is 0.618. The van der Waals surface area contributed by atoms with E-state index in [0.717, 1.165) is 19.3 Å². The van der Waals surface area contributed by atoms with Crippen LogP contribution in [0.2, 0.25) is 0 Å². The third kappa shape index (κ3) is 1.85. The molecular formula is C20H26O3. The maximum Gasteiger partial charge on any atom is 0.155 e. The maximum atomic E-state index is 13.1. The Morgan fingerprint density at radius 2 is 1.83 bits per heavy atom. The van der Waals surface area contributed by atoms with Crippen LogP contribution < -0.4 is 0 Å². The van der Waals surface area contributed by atoms with Crippen molar-refractivity contribution in [1.29, 1.82) is 0 Å². The number of carbonyl (C=O) groups excluding carboxylic acids is 3. The third-order valence-corrected chi connectivity index (χ3v) is 7.72. The van der Waals surface area contributed by atoms with Gasteiger partial charge in [-0.25, -0.2) is 0 Å². The molecular weight excluding hydrogens is 288 g/mol. The fourth-order valence-corrected chi connectivity index (χ4v) is 6.47. The Kier molecular flexibility index (Phi) is 3.09. The Balaban J connectivity index is 1.82. The minimum Gasteiger partial charge on any atom is -0.299 e. The number of hydrogen-bond donors (Lipinski definition) is 0. The topological polar surface area (TPSA) is 51.2 Å². The first kappa shape index (κ1) is 15.3. The number of Topliss-reactive ketones (excluding diaryl/α,β-unsaturated/α-hetero) is 2. The molecule has 0 amide bonds. The Morgan fingerprint density at radius 1 is 1.09 bits per heavy atom. The van der Waals surface area contributed by atoms with Gasteiger partial charge in [0.25, 0.3) is 0 Å². The van der Waals surface area contributed by atoms with E-state index in [0.29, 0.717) is 42.8 Å². The lowest BCUT2D eigenvalue weighted by Gasteiger charge is -2.57. The molecule has 0 aromatic carbocycles. The molecule has 3 fully saturated rings. The first-order valence-electron chi connectivity index (χ1n) is 9.07. The molecule has 3 saturated carbocycles. The number of hydrogen-bond acceptors (Lipinski definition) is 3. The zero-order chi connectivity index (χ0) is 16.6. The fraction of sp³-hybridized carbons (Fsp3) is 0.750. The zero-order valence-corrected chi connectivity index (χ0v) is 14.4.